The lowest BCUT2D eigenvalue weighted by molar-refractivity contribution is 0.589. The molecule has 0 bridgehead atoms. The Labute approximate surface area is 175 Å². The van der Waals surface area contributed by atoms with Gasteiger partial charge in [-0.1, -0.05) is 78.4 Å². The number of hydrogen-bond donors (Lipinski definition) is 1. The van der Waals surface area contributed by atoms with Gasteiger partial charge in [0.15, 0.2) is 0 Å². The van der Waals surface area contributed by atoms with Gasteiger partial charge in [-0.2, -0.15) is 0 Å². The van der Waals surface area contributed by atoms with E-state index < -0.39 is 11.6 Å². The Morgan fingerprint density at radius 1 is 0.700 bits per heavy atom. The number of nitrogens with two attached hydrogens (primary N) is 1. The maximum Gasteiger partial charge on any atom is 0.133 e. The maximum absolute atomic E-state index is 14.7. The van der Waals surface area contributed by atoms with Crippen LogP contribution in [0.15, 0.2) is 84.9 Å². The van der Waals surface area contributed by atoms with Gasteiger partial charge in [0, 0.05) is 11.6 Å². The Morgan fingerprint density at radius 2 is 1.33 bits per heavy atom. The van der Waals surface area contributed by atoms with Crippen LogP contribution in [-0.2, 0) is 0 Å². The molecule has 1 unspecified atom stereocenters. The lowest BCUT2D eigenvalue weighted by atomic mass is 9.79. The number of halogens is 2. The molecule has 0 aliphatic heterocycles. The number of anilines is 1. The third-order valence-corrected chi connectivity index (χ3v) is 5.51. The van der Waals surface area contributed by atoms with Gasteiger partial charge in [-0.05, 0) is 53.8 Å². The van der Waals surface area contributed by atoms with Gasteiger partial charge < -0.3 is 5.73 Å². The van der Waals surface area contributed by atoms with Crippen molar-refractivity contribution in [1.29, 1.82) is 0 Å². The monoisotopic (exact) mass is 399 g/mol. The Morgan fingerprint density at radius 3 is 2.03 bits per heavy atom. The van der Waals surface area contributed by atoms with Gasteiger partial charge in [-0.25, -0.2) is 8.78 Å². The zero-order valence-electron chi connectivity index (χ0n) is 17.0. The SMILES string of the molecule is Cc1cc(C)c(N)c(C(c2ccccc2)c2ccccc2-c2c(F)cccc2F)c1. The van der Waals surface area contributed by atoms with Crippen LogP contribution in [0.5, 0.6) is 0 Å². The third kappa shape index (κ3) is 3.59. The van der Waals surface area contributed by atoms with E-state index in [9.17, 15) is 8.78 Å². The molecule has 1 nitrogen and oxygen atoms in total. The molecule has 0 saturated carbocycles. The van der Waals surface area contributed by atoms with Gasteiger partial charge in [0.2, 0.25) is 0 Å². The van der Waals surface area contributed by atoms with E-state index in [2.05, 4.69) is 6.07 Å². The highest BCUT2D eigenvalue weighted by atomic mass is 19.1. The smallest absolute Gasteiger partial charge is 0.133 e. The van der Waals surface area contributed by atoms with Crippen molar-refractivity contribution in [2.24, 2.45) is 0 Å². The lowest BCUT2D eigenvalue weighted by Gasteiger charge is -2.25. The molecule has 1 atom stereocenters. The van der Waals surface area contributed by atoms with E-state index in [1.807, 2.05) is 62.4 Å². The molecule has 2 N–H and O–H groups in total. The summed E-state index contributed by atoms with van der Waals surface area (Å²) in [5.41, 5.74) is 12.6. The molecular weight excluding hydrogens is 376 g/mol. The van der Waals surface area contributed by atoms with Gasteiger partial charge in [0.1, 0.15) is 11.6 Å². The van der Waals surface area contributed by atoms with Crippen LogP contribution in [0.3, 0.4) is 0 Å². The molecule has 4 aromatic carbocycles. The molecule has 0 fully saturated rings. The summed E-state index contributed by atoms with van der Waals surface area (Å²) in [4.78, 5) is 0. The summed E-state index contributed by atoms with van der Waals surface area (Å²) in [5.74, 6) is -1.43. The zero-order valence-corrected chi connectivity index (χ0v) is 17.0. The van der Waals surface area contributed by atoms with Crippen LogP contribution in [0.2, 0.25) is 0 Å². The molecule has 0 saturated heterocycles. The van der Waals surface area contributed by atoms with E-state index in [4.69, 9.17) is 5.73 Å². The second-order valence-electron chi connectivity index (χ2n) is 7.61. The topological polar surface area (TPSA) is 26.0 Å². The van der Waals surface area contributed by atoms with E-state index in [1.165, 1.54) is 18.2 Å². The first-order valence-corrected chi connectivity index (χ1v) is 9.92. The Kier molecular flexibility index (Phi) is 5.37. The first-order chi connectivity index (χ1) is 14.5. The zero-order chi connectivity index (χ0) is 21.3. The molecule has 0 aromatic heterocycles. The van der Waals surface area contributed by atoms with Crippen LogP contribution in [0, 0.1) is 25.5 Å². The van der Waals surface area contributed by atoms with Crippen LogP contribution in [0.25, 0.3) is 11.1 Å². The largest absolute Gasteiger partial charge is 0.398 e. The molecular formula is C27H23F2N. The van der Waals surface area contributed by atoms with Crippen molar-refractivity contribution in [2.45, 2.75) is 19.8 Å². The summed E-state index contributed by atoms with van der Waals surface area (Å²) in [5, 5.41) is 0. The van der Waals surface area contributed by atoms with Crippen LogP contribution < -0.4 is 5.73 Å². The van der Waals surface area contributed by atoms with Crippen molar-refractivity contribution < 1.29 is 8.78 Å². The van der Waals surface area contributed by atoms with E-state index >= 15 is 0 Å². The van der Waals surface area contributed by atoms with E-state index in [0.29, 0.717) is 11.3 Å². The molecule has 0 aliphatic carbocycles. The first-order valence-electron chi connectivity index (χ1n) is 9.92. The van der Waals surface area contributed by atoms with Gasteiger partial charge in [0.25, 0.3) is 0 Å². The summed E-state index contributed by atoms with van der Waals surface area (Å²) in [6.45, 7) is 4.01. The molecule has 3 heteroatoms. The number of nitrogen functional groups attached to an aromatic ring is 1. The van der Waals surface area contributed by atoms with Gasteiger partial charge in [-0.3, -0.25) is 0 Å². The second-order valence-corrected chi connectivity index (χ2v) is 7.61. The minimum absolute atomic E-state index is 0.0167. The van der Waals surface area contributed by atoms with Crippen LogP contribution in [0.4, 0.5) is 14.5 Å². The Balaban J connectivity index is 2.04. The predicted molar refractivity (Wildman–Crippen MR) is 120 cm³/mol. The van der Waals surface area contributed by atoms with Crippen molar-refractivity contribution in [1.82, 2.24) is 0 Å². The minimum atomic E-state index is -0.581. The molecule has 0 aliphatic rings. The number of rotatable bonds is 4. The van der Waals surface area contributed by atoms with Gasteiger partial charge in [0.05, 0.1) is 5.56 Å². The number of benzene rings is 4. The van der Waals surface area contributed by atoms with Crippen LogP contribution in [0.1, 0.15) is 33.7 Å². The molecule has 0 amide bonds. The molecule has 4 rings (SSSR count). The van der Waals surface area contributed by atoms with E-state index in [0.717, 1.165) is 27.8 Å². The number of hydrogen-bond acceptors (Lipinski definition) is 1. The molecule has 4 aromatic rings. The standard InChI is InChI=1S/C27H23F2N/c1-17-15-18(2)27(30)22(16-17)25(19-9-4-3-5-10-19)20-11-6-7-12-21(20)26-23(28)13-8-14-24(26)29/h3-16,25H,30H2,1-2H3. The van der Waals surface area contributed by atoms with Gasteiger partial charge in [-0.15, -0.1) is 0 Å². The Hall–Kier alpha value is -3.46. The normalized spacial score (nSPS) is 12.0. The quantitative estimate of drug-likeness (QED) is 0.290. The molecule has 150 valence electrons. The molecule has 30 heavy (non-hydrogen) atoms. The highest BCUT2D eigenvalue weighted by molar-refractivity contribution is 5.73. The Bertz CT molecular complexity index is 1180. The van der Waals surface area contributed by atoms with Crippen LogP contribution >= 0.6 is 0 Å². The first kappa shape index (κ1) is 19.8. The summed E-state index contributed by atoms with van der Waals surface area (Å²) >= 11 is 0. The average molecular weight is 399 g/mol. The summed E-state index contributed by atoms with van der Waals surface area (Å²) < 4.78 is 29.5. The summed E-state index contributed by atoms with van der Waals surface area (Å²) in [7, 11) is 0. The molecule has 0 radical (unpaired) electrons. The third-order valence-electron chi connectivity index (χ3n) is 5.51. The van der Waals surface area contributed by atoms with Crippen molar-refractivity contribution >= 4 is 5.69 Å². The fourth-order valence-electron chi connectivity index (χ4n) is 4.15. The van der Waals surface area contributed by atoms with Crippen molar-refractivity contribution in [3.05, 3.63) is 124 Å². The van der Waals surface area contributed by atoms with Crippen molar-refractivity contribution in [3.8, 4) is 11.1 Å². The average Bonchev–Trinajstić information content (AvgIpc) is 2.73. The molecule has 0 spiro atoms. The molecule has 0 heterocycles. The fraction of sp³-hybridized carbons (Fsp3) is 0.111. The second kappa shape index (κ2) is 8.11. The van der Waals surface area contributed by atoms with Crippen molar-refractivity contribution in [3.63, 3.8) is 0 Å². The van der Waals surface area contributed by atoms with Crippen LogP contribution in [-0.4, -0.2) is 0 Å². The lowest BCUT2D eigenvalue weighted by Crippen LogP contribution is -2.10. The van der Waals surface area contributed by atoms with Gasteiger partial charge >= 0.3 is 0 Å². The van der Waals surface area contributed by atoms with Crippen molar-refractivity contribution in [2.75, 3.05) is 5.73 Å². The number of aryl methyl sites for hydroxylation is 2. The highest BCUT2D eigenvalue weighted by Crippen LogP contribution is 2.42. The van der Waals surface area contributed by atoms with E-state index in [1.54, 1.807) is 12.1 Å². The van der Waals surface area contributed by atoms with E-state index in [-0.39, 0.29) is 11.5 Å². The predicted octanol–water partition coefficient (Wildman–Crippen LogP) is 7.01. The maximum atomic E-state index is 14.7. The highest BCUT2D eigenvalue weighted by Gasteiger charge is 2.25. The summed E-state index contributed by atoms with van der Waals surface area (Å²) in [6.07, 6.45) is 0. The fourth-order valence-corrected chi connectivity index (χ4v) is 4.15. The summed E-state index contributed by atoms with van der Waals surface area (Å²) in [6, 6.07) is 25.4. The minimum Gasteiger partial charge on any atom is -0.398 e.